The first-order valence-corrected chi connectivity index (χ1v) is 6.51. The fourth-order valence-corrected chi connectivity index (χ4v) is 2.05. The highest BCUT2D eigenvalue weighted by molar-refractivity contribution is 5.92. The Labute approximate surface area is 112 Å². The smallest absolute Gasteiger partial charge is 0.342 e. The molecule has 1 atom stereocenters. The van der Waals surface area contributed by atoms with Crippen molar-refractivity contribution in [1.29, 1.82) is 0 Å². The van der Waals surface area contributed by atoms with Crippen LogP contribution >= 0.6 is 0 Å². The van der Waals surface area contributed by atoms with Crippen molar-refractivity contribution in [3.8, 4) is 0 Å². The molecule has 0 aliphatic heterocycles. The summed E-state index contributed by atoms with van der Waals surface area (Å²) >= 11 is 0. The van der Waals surface area contributed by atoms with Crippen LogP contribution in [0, 0.1) is 19.8 Å². The lowest BCUT2D eigenvalue weighted by Gasteiger charge is -2.12. The maximum absolute atomic E-state index is 11.8. The van der Waals surface area contributed by atoms with Gasteiger partial charge in [-0.15, -0.1) is 0 Å². The van der Waals surface area contributed by atoms with Crippen molar-refractivity contribution in [2.75, 3.05) is 6.61 Å². The largest absolute Gasteiger partial charge is 0.466 e. The van der Waals surface area contributed by atoms with Crippen LogP contribution in [0.4, 0.5) is 0 Å². The molecule has 1 N–H and O–H groups in total. The molecular weight excluding hydrogens is 246 g/mol. The van der Waals surface area contributed by atoms with Crippen LogP contribution < -0.4 is 5.32 Å². The van der Waals surface area contributed by atoms with Gasteiger partial charge in [-0.3, -0.25) is 4.79 Å². The van der Waals surface area contributed by atoms with Crippen molar-refractivity contribution in [1.82, 2.24) is 5.32 Å². The van der Waals surface area contributed by atoms with Gasteiger partial charge in [0.2, 0.25) is 0 Å². The summed E-state index contributed by atoms with van der Waals surface area (Å²) in [6.07, 6.45) is 2.32. The Bertz CT molecular complexity index is 488. The predicted octanol–water partition coefficient (Wildman–Crippen LogP) is 1.97. The van der Waals surface area contributed by atoms with Gasteiger partial charge < -0.3 is 14.5 Å². The second-order valence-electron chi connectivity index (χ2n) is 5.10. The number of ether oxygens (including phenoxy) is 1. The molecule has 0 unspecified atom stereocenters. The van der Waals surface area contributed by atoms with Gasteiger partial charge in [0.1, 0.15) is 17.1 Å². The van der Waals surface area contributed by atoms with Crippen molar-refractivity contribution < 1.29 is 18.7 Å². The summed E-state index contributed by atoms with van der Waals surface area (Å²) in [5.74, 6) is 0.957. The summed E-state index contributed by atoms with van der Waals surface area (Å²) in [6, 6.07) is 1.77. The van der Waals surface area contributed by atoms with Crippen LogP contribution in [-0.4, -0.2) is 24.5 Å². The number of esters is 1. The molecule has 5 nitrogen and oxygen atoms in total. The van der Waals surface area contributed by atoms with Gasteiger partial charge in [0, 0.05) is 6.04 Å². The van der Waals surface area contributed by atoms with E-state index < -0.39 is 5.97 Å². The van der Waals surface area contributed by atoms with E-state index in [9.17, 15) is 9.59 Å². The molecule has 1 saturated carbocycles. The molecule has 1 heterocycles. The predicted molar refractivity (Wildman–Crippen MR) is 68.8 cm³/mol. The lowest BCUT2D eigenvalue weighted by Crippen LogP contribution is -2.37. The van der Waals surface area contributed by atoms with Gasteiger partial charge in [0.15, 0.2) is 6.61 Å². The topological polar surface area (TPSA) is 68.5 Å². The third-order valence-electron chi connectivity index (χ3n) is 3.31. The molecule has 0 spiro atoms. The van der Waals surface area contributed by atoms with Gasteiger partial charge in [0.05, 0.1) is 0 Å². The Kier molecular flexibility index (Phi) is 3.93. The number of hydrogen-bond acceptors (Lipinski definition) is 4. The van der Waals surface area contributed by atoms with E-state index in [2.05, 4.69) is 5.32 Å². The highest BCUT2D eigenvalue weighted by Gasteiger charge is 2.29. The fraction of sp³-hybridized carbons (Fsp3) is 0.571. The number of carbonyl (C=O) groups is 2. The zero-order chi connectivity index (χ0) is 14.0. The van der Waals surface area contributed by atoms with E-state index in [1.807, 2.05) is 6.92 Å². The normalized spacial score (nSPS) is 15.9. The molecule has 0 bridgehead atoms. The minimum Gasteiger partial charge on any atom is -0.466 e. The van der Waals surface area contributed by atoms with E-state index in [-0.39, 0.29) is 18.6 Å². The van der Waals surface area contributed by atoms with Crippen molar-refractivity contribution >= 4 is 11.9 Å². The second kappa shape index (κ2) is 5.47. The number of furan rings is 1. The number of rotatable bonds is 5. The van der Waals surface area contributed by atoms with Gasteiger partial charge >= 0.3 is 5.97 Å². The molecular formula is C14H19NO4. The summed E-state index contributed by atoms with van der Waals surface area (Å²) in [5.41, 5.74) is 0.376. The minimum absolute atomic E-state index is 0.157. The summed E-state index contributed by atoms with van der Waals surface area (Å²) in [7, 11) is 0. The molecule has 104 valence electrons. The van der Waals surface area contributed by atoms with E-state index >= 15 is 0 Å². The van der Waals surface area contributed by atoms with Gasteiger partial charge in [-0.1, -0.05) is 0 Å². The number of amides is 1. The summed E-state index contributed by atoms with van der Waals surface area (Å²) in [5, 5.41) is 2.83. The summed E-state index contributed by atoms with van der Waals surface area (Å²) < 4.78 is 10.2. The molecule has 1 aromatic heterocycles. The Hall–Kier alpha value is -1.78. The molecule has 1 fully saturated rings. The molecule has 19 heavy (non-hydrogen) atoms. The summed E-state index contributed by atoms with van der Waals surface area (Å²) in [6.45, 7) is 5.17. The lowest BCUT2D eigenvalue weighted by molar-refractivity contribution is -0.125. The molecule has 1 aliphatic carbocycles. The van der Waals surface area contributed by atoms with E-state index in [4.69, 9.17) is 9.15 Å². The van der Waals surface area contributed by atoms with Crippen molar-refractivity contribution in [2.24, 2.45) is 5.92 Å². The Balaban J connectivity index is 1.79. The van der Waals surface area contributed by atoms with Crippen molar-refractivity contribution in [2.45, 2.75) is 39.7 Å². The highest BCUT2D eigenvalue weighted by atomic mass is 16.5. The Morgan fingerprint density at radius 1 is 1.47 bits per heavy atom. The van der Waals surface area contributed by atoms with Crippen LogP contribution in [0.15, 0.2) is 10.5 Å². The first kappa shape index (κ1) is 13.6. The number of aryl methyl sites for hydroxylation is 2. The highest BCUT2D eigenvalue weighted by Crippen LogP contribution is 2.32. The third-order valence-corrected chi connectivity index (χ3v) is 3.31. The van der Waals surface area contributed by atoms with E-state index in [1.54, 1.807) is 19.9 Å². The number of hydrogen-bond donors (Lipinski definition) is 1. The zero-order valence-electron chi connectivity index (χ0n) is 11.5. The molecule has 1 aliphatic rings. The Morgan fingerprint density at radius 2 is 2.16 bits per heavy atom. The third kappa shape index (κ3) is 3.59. The number of nitrogens with one attached hydrogen (secondary N) is 1. The fourth-order valence-electron chi connectivity index (χ4n) is 2.05. The standard InChI is InChI=1S/C14H19NO4/c1-8-6-12(10(3)19-8)14(17)18-7-13(16)15-9(2)11-4-5-11/h6,9,11H,4-5,7H2,1-3H3,(H,15,16)/t9-/m1/s1. The Morgan fingerprint density at radius 3 is 2.68 bits per heavy atom. The molecule has 5 heteroatoms. The lowest BCUT2D eigenvalue weighted by atomic mass is 10.2. The molecule has 1 amide bonds. The summed E-state index contributed by atoms with van der Waals surface area (Å²) in [4.78, 5) is 23.4. The van der Waals surface area contributed by atoms with Crippen molar-refractivity contribution in [3.05, 3.63) is 23.2 Å². The average Bonchev–Trinajstić information content (AvgIpc) is 3.12. The van der Waals surface area contributed by atoms with Gasteiger partial charge in [0.25, 0.3) is 5.91 Å². The maximum Gasteiger partial charge on any atom is 0.342 e. The zero-order valence-corrected chi connectivity index (χ0v) is 11.5. The average molecular weight is 265 g/mol. The monoisotopic (exact) mass is 265 g/mol. The minimum atomic E-state index is -0.524. The van der Waals surface area contributed by atoms with Crippen LogP contribution in [0.1, 0.15) is 41.6 Å². The first-order valence-electron chi connectivity index (χ1n) is 6.51. The van der Waals surface area contributed by atoms with Crippen LogP contribution in [0.25, 0.3) is 0 Å². The first-order chi connectivity index (χ1) is 8.97. The molecule has 1 aromatic rings. The van der Waals surface area contributed by atoms with E-state index in [0.29, 0.717) is 23.0 Å². The maximum atomic E-state index is 11.8. The molecule has 0 radical (unpaired) electrons. The quantitative estimate of drug-likeness (QED) is 0.826. The molecule has 0 aromatic carbocycles. The van der Waals surface area contributed by atoms with Crippen LogP contribution in [0.2, 0.25) is 0 Å². The van der Waals surface area contributed by atoms with E-state index in [0.717, 1.165) is 12.8 Å². The molecule has 2 rings (SSSR count). The van der Waals surface area contributed by atoms with Crippen LogP contribution in [0.5, 0.6) is 0 Å². The van der Waals surface area contributed by atoms with Gasteiger partial charge in [-0.2, -0.15) is 0 Å². The van der Waals surface area contributed by atoms with Crippen molar-refractivity contribution in [3.63, 3.8) is 0 Å². The second-order valence-corrected chi connectivity index (χ2v) is 5.10. The number of carbonyl (C=O) groups excluding carboxylic acids is 2. The SMILES string of the molecule is Cc1cc(C(=O)OCC(=O)N[C@H](C)C2CC2)c(C)o1. The van der Waals surface area contributed by atoms with Crippen LogP contribution in [-0.2, 0) is 9.53 Å². The van der Waals surface area contributed by atoms with E-state index in [1.165, 1.54) is 0 Å². The molecule has 0 saturated heterocycles. The van der Waals surface area contributed by atoms with Gasteiger partial charge in [-0.05, 0) is 45.6 Å². The van der Waals surface area contributed by atoms with Gasteiger partial charge in [-0.25, -0.2) is 4.79 Å². The van der Waals surface area contributed by atoms with Crippen LogP contribution in [0.3, 0.4) is 0 Å².